The molecular weight excluding hydrogens is 308 g/mol. The summed E-state index contributed by atoms with van der Waals surface area (Å²) in [6.45, 7) is 1.99. The molecular formula is C13H10N4O4S. The number of benzene rings is 1. The summed E-state index contributed by atoms with van der Waals surface area (Å²) < 4.78 is 0. The molecule has 2 aromatic rings. The molecule has 3 rings (SSSR count). The van der Waals surface area contributed by atoms with Crippen LogP contribution in [0.2, 0.25) is 0 Å². The molecule has 0 atom stereocenters. The molecule has 22 heavy (non-hydrogen) atoms. The lowest BCUT2D eigenvalue weighted by molar-refractivity contribution is -0.384. The number of carbonyl (C=O) groups excluding carboxylic acids is 2. The topological polar surface area (TPSA) is 106 Å². The van der Waals surface area contributed by atoms with Crippen LogP contribution in [-0.4, -0.2) is 26.9 Å². The van der Waals surface area contributed by atoms with E-state index in [1.807, 2.05) is 6.92 Å². The Balaban J connectivity index is 2.00. The van der Waals surface area contributed by atoms with Crippen LogP contribution in [0.4, 0.5) is 10.8 Å². The van der Waals surface area contributed by atoms with Crippen molar-refractivity contribution in [3.63, 3.8) is 0 Å². The number of carbonyl (C=O) groups is 2. The Morgan fingerprint density at radius 1 is 1.23 bits per heavy atom. The molecule has 0 N–H and O–H groups in total. The number of non-ortho nitro benzene ring substituents is 1. The number of aryl methyl sites for hydroxylation is 1. The number of hydrogen-bond acceptors (Lipinski definition) is 7. The van der Waals surface area contributed by atoms with Crippen molar-refractivity contribution in [2.75, 3.05) is 4.90 Å². The van der Waals surface area contributed by atoms with Crippen LogP contribution >= 0.6 is 11.3 Å². The Morgan fingerprint density at radius 3 is 2.64 bits per heavy atom. The smallest absolute Gasteiger partial charge is 0.268 e. The van der Waals surface area contributed by atoms with Crippen LogP contribution in [0.5, 0.6) is 0 Å². The largest absolute Gasteiger partial charge is 0.270 e. The lowest BCUT2D eigenvalue weighted by atomic mass is 10.1. The van der Waals surface area contributed by atoms with Gasteiger partial charge in [0.2, 0.25) is 5.13 Å². The zero-order chi connectivity index (χ0) is 15.9. The summed E-state index contributed by atoms with van der Waals surface area (Å²) in [5.74, 6) is -1.14. The Hall–Kier alpha value is -2.68. The van der Waals surface area contributed by atoms with Crippen molar-refractivity contribution >= 4 is 34.0 Å². The number of aromatic nitrogens is 2. The van der Waals surface area contributed by atoms with E-state index in [-0.39, 0.29) is 21.9 Å². The number of nitrogens with zero attached hydrogens (tertiary/aromatic N) is 4. The van der Waals surface area contributed by atoms with Crippen molar-refractivity contribution in [3.8, 4) is 0 Å². The third-order valence-electron chi connectivity index (χ3n) is 3.19. The van der Waals surface area contributed by atoms with Gasteiger partial charge in [-0.05, 0) is 12.5 Å². The van der Waals surface area contributed by atoms with E-state index in [0.29, 0.717) is 6.42 Å². The molecule has 112 valence electrons. The molecule has 8 nitrogen and oxygen atoms in total. The van der Waals surface area contributed by atoms with E-state index < -0.39 is 16.7 Å². The van der Waals surface area contributed by atoms with Crippen molar-refractivity contribution in [1.29, 1.82) is 0 Å². The SMILES string of the molecule is CCCc1nnc(N2C(=O)c3ccc([N+](=O)[O-])cc3C2=O)s1. The van der Waals surface area contributed by atoms with Gasteiger partial charge in [-0.1, -0.05) is 18.3 Å². The Labute approximate surface area is 128 Å². The van der Waals surface area contributed by atoms with Crippen LogP contribution in [0.1, 0.15) is 39.1 Å². The number of hydrogen-bond donors (Lipinski definition) is 0. The average Bonchev–Trinajstić information content (AvgIpc) is 3.03. The highest BCUT2D eigenvalue weighted by atomic mass is 32.1. The van der Waals surface area contributed by atoms with Crippen molar-refractivity contribution in [2.45, 2.75) is 19.8 Å². The molecule has 1 aromatic carbocycles. The summed E-state index contributed by atoms with van der Waals surface area (Å²) in [6.07, 6.45) is 1.59. The Bertz CT molecular complexity index is 801. The molecule has 1 aliphatic heterocycles. The van der Waals surface area contributed by atoms with E-state index in [1.54, 1.807) is 0 Å². The number of nitro benzene ring substituents is 1. The monoisotopic (exact) mass is 318 g/mol. The quantitative estimate of drug-likeness (QED) is 0.486. The van der Waals surface area contributed by atoms with Gasteiger partial charge in [-0.25, -0.2) is 4.90 Å². The molecule has 1 aromatic heterocycles. The molecule has 0 unspecified atom stereocenters. The fourth-order valence-corrected chi connectivity index (χ4v) is 3.10. The minimum atomic E-state index is -0.608. The van der Waals surface area contributed by atoms with E-state index in [1.165, 1.54) is 23.5 Å². The molecule has 0 bridgehead atoms. The first-order valence-electron chi connectivity index (χ1n) is 6.52. The number of fused-ring (bicyclic) bond motifs is 1. The molecule has 0 aliphatic carbocycles. The molecule has 0 fully saturated rings. The fraction of sp³-hybridized carbons (Fsp3) is 0.231. The highest BCUT2D eigenvalue weighted by Crippen LogP contribution is 2.32. The number of nitro groups is 1. The van der Waals surface area contributed by atoms with E-state index in [4.69, 9.17) is 0 Å². The van der Waals surface area contributed by atoms with Crippen LogP contribution < -0.4 is 4.90 Å². The van der Waals surface area contributed by atoms with Gasteiger partial charge in [-0.15, -0.1) is 10.2 Å². The van der Waals surface area contributed by atoms with E-state index in [0.717, 1.165) is 22.4 Å². The van der Waals surface area contributed by atoms with Gasteiger partial charge >= 0.3 is 0 Å². The van der Waals surface area contributed by atoms with Crippen molar-refractivity contribution in [2.24, 2.45) is 0 Å². The highest BCUT2D eigenvalue weighted by molar-refractivity contribution is 7.15. The Kier molecular flexibility index (Phi) is 3.41. The summed E-state index contributed by atoms with van der Waals surface area (Å²) in [5.41, 5.74) is -0.0695. The summed E-state index contributed by atoms with van der Waals surface area (Å²) in [4.78, 5) is 35.8. The van der Waals surface area contributed by atoms with Crippen LogP contribution in [0.15, 0.2) is 18.2 Å². The minimum absolute atomic E-state index is 0.0199. The first-order chi connectivity index (χ1) is 10.5. The fourth-order valence-electron chi connectivity index (χ4n) is 2.17. The van der Waals surface area contributed by atoms with Crippen molar-refractivity contribution in [3.05, 3.63) is 44.4 Å². The summed E-state index contributed by atoms with van der Waals surface area (Å²) in [6, 6.07) is 3.61. The molecule has 0 spiro atoms. The second kappa shape index (κ2) is 5.26. The Morgan fingerprint density at radius 2 is 1.95 bits per heavy atom. The molecule has 0 saturated carbocycles. The van der Waals surface area contributed by atoms with Crippen LogP contribution in [-0.2, 0) is 6.42 Å². The number of imide groups is 1. The third kappa shape index (κ3) is 2.15. The molecule has 0 saturated heterocycles. The molecule has 2 heterocycles. The van der Waals surface area contributed by atoms with Gasteiger partial charge in [0.05, 0.1) is 16.1 Å². The number of amides is 2. The second-order valence-electron chi connectivity index (χ2n) is 4.66. The number of anilines is 1. The maximum absolute atomic E-state index is 12.4. The predicted octanol–water partition coefficient (Wildman–Crippen LogP) is 2.20. The van der Waals surface area contributed by atoms with Crippen molar-refractivity contribution < 1.29 is 14.5 Å². The predicted molar refractivity (Wildman–Crippen MR) is 78.1 cm³/mol. The first-order valence-corrected chi connectivity index (χ1v) is 7.34. The second-order valence-corrected chi connectivity index (χ2v) is 5.70. The van der Waals surface area contributed by atoms with Crippen LogP contribution in [0.3, 0.4) is 0 Å². The highest BCUT2D eigenvalue weighted by Gasteiger charge is 2.39. The van der Waals surface area contributed by atoms with Gasteiger partial charge in [0.25, 0.3) is 17.5 Å². The van der Waals surface area contributed by atoms with E-state index in [2.05, 4.69) is 10.2 Å². The van der Waals surface area contributed by atoms with E-state index >= 15 is 0 Å². The van der Waals surface area contributed by atoms with Gasteiger partial charge in [-0.3, -0.25) is 19.7 Å². The normalized spacial score (nSPS) is 13.6. The molecule has 9 heteroatoms. The molecule has 2 amide bonds. The van der Waals surface area contributed by atoms with E-state index in [9.17, 15) is 19.7 Å². The van der Waals surface area contributed by atoms with Gasteiger partial charge in [-0.2, -0.15) is 0 Å². The maximum atomic E-state index is 12.4. The summed E-state index contributed by atoms with van der Waals surface area (Å²) >= 11 is 1.17. The van der Waals surface area contributed by atoms with Crippen LogP contribution in [0.25, 0.3) is 0 Å². The third-order valence-corrected chi connectivity index (χ3v) is 4.16. The van der Waals surface area contributed by atoms with Gasteiger partial charge < -0.3 is 0 Å². The lowest BCUT2D eigenvalue weighted by Crippen LogP contribution is -2.29. The zero-order valence-corrected chi connectivity index (χ0v) is 12.3. The average molecular weight is 318 g/mol. The van der Waals surface area contributed by atoms with Gasteiger partial charge in [0, 0.05) is 18.6 Å². The molecule has 0 radical (unpaired) electrons. The lowest BCUT2D eigenvalue weighted by Gasteiger charge is -2.07. The summed E-state index contributed by atoms with van der Waals surface area (Å²) in [5, 5.41) is 19.5. The number of rotatable bonds is 4. The maximum Gasteiger partial charge on any atom is 0.270 e. The molecule has 1 aliphatic rings. The zero-order valence-electron chi connectivity index (χ0n) is 11.5. The van der Waals surface area contributed by atoms with Crippen LogP contribution in [0, 0.1) is 10.1 Å². The summed E-state index contributed by atoms with van der Waals surface area (Å²) in [7, 11) is 0. The van der Waals surface area contributed by atoms with Gasteiger partial charge in [0.15, 0.2) is 0 Å². The minimum Gasteiger partial charge on any atom is -0.268 e. The standard InChI is InChI=1S/C13H10N4O4S/c1-2-3-10-14-15-13(22-10)16-11(18)8-5-4-7(17(20)21)6-9(8)12(16)19/h4-6H,2-3H2,1H3. The first kappa shape index (κ1) is 14.3. The van der Waals surface area contributed by atoms with Crippen molar-refractivity contribution in [1.82, 2.24) is 10.2 Å². The van der Waals surface area contributed by atoms with Gasteiger partial charge in [0.1, 0.15) is 5.01 Å².